The van der Waals surface area contributed by atoms with Gasteiger partial charge in [-0.2, -0.15) is 0 Å². The van der Waals surface area contributed by atoms with Crippen LogP contribution in [0.4, 0.5) is 0 Å². The molecule has 1 N–H and O–H groups in total. The molecular weight excluding hydrogens is 270 g/mol. The first kappa shape index (κ1) is 11.2. The molecule has 0 aliphatic rings. The van der Waals surface area contributed by atoms with Gasteiger partial charge in [0, 0.05) is 22.1 Å². The molecular formula is C12H12BrNO2. The number of nitrogens with zero attached hydrogens (tertiary/aromatic N) is 1. The van der Waals surface area contributed by atoms with Crippen LogP contribution in [-0.4, -0.2) is 15.6 Å². The van der Waals surface area contributed by atoms with E-state index in [1.807, 2.05) is 36.6 Å². The molecule has 0 aliphatic heterocycles. The first-order valence-electron chi connectivity index (χ1n) is 5.04. The first-order valence-corrected chi connectivity index (χ1v) is 5.84. The molecule has 0 saturated carbocycles. The number of rotatable bonds is 2. The lowest BCUT2D eigenvalue weighted by atomic mass is 10.2. The number of carboxylic acids is 1. The van der Waals surface area contributed by atoms with Crippen molar-refractivity contribution in [3.05, 3.63) is 34.4 Å². The third-order valence-corrected chi connectivity index (χ3v) is 3.25. The molecule has 3 nitrogen and oxygen atoms in total. The van der Waals surface area contributed by atoms with Gasteiger partial charge in [-0.1, -0.05) is 22.0 Å². The van der Waals surface area contributed by atoms with Crippen molar-refractivity contribution in [2.24, 2.45) is 0 Å². The van der Waals surface area contributed by atoms with E-state index in [0.717, 1.165) is 15.4 Å². The van der Waals surface area contributed by atoms with Gasteiger partial charge in [0.15, 0.2) is 0 Å². The van der Waals surface area contributed by atoms with E-state index in [1.54, 1.807) is 6.20 Å². The summed E-state index contributed by atoms with van der Waals surface area (Å²) in [4.78, 5) is 11.2. The molecule has 0 radical (unpaired) electrons. The summed E-state index contributed by atoms with van der Waals surface area (Å²) in [5.41, 5.74) is 1.29. The summed E-state index contributed by atoms with van der Waals surface area (Å²) in [6.45, 7) is 4.07. The van der Waals surface area contributed by atoms with Crippen molar-refractivity contribution in [1.29, 1.82) is 0 Å². The fourth-order valence-corrected chi connectivity index (χ4v) is 2.43. The van der Waals surface area contributed by atoms with Crippen molar-refractivity contribution in [1.82, 2.24) is 4.57 Å². The topological polar surface area (TPSA) is 42.2 Å². The predicted octanol–water partition coefficient (Wildman–Crippen LogP) is 3.68. The van der Waals surface area contributed by atoms with E-state index in [9.17, 15) is 4.79 Å². The lowest BCUT2D eigenvalue weighted by Crippen LogP contribution is -1.98. The summed E-state index contributed by atoms with van der Waals surface area (Å²) < 4.78 is 2.80. The molecule has 0 fully saturated rings. The van der Waals surface area contributed by atoms with Gasteiger partial charge in [-0.25, -0.2) is 4.79 Å². The molecule has 1 aromatic heterocycles. The minimum absolute atomic E-state index is 0.241. The van der Waals surface area contributed by atoms with Gasteiger partial charge in [-0.15, -0.1) is 0 Å². The van der Waals surface area contributed by atoms with Crippen molar-refractivity contribution in [3.8, 4) is 0 Å². The van der Waals surface area contributed by atoms with E-state index >= 15 is 0 Å². The number of benzene rings is 1. The van der Waals surface area contributed by atoms with Gasteiger partial charge in [0.05, 0.1) is 11.1 Å². The van der Waals surface area contributed by atoms with Gasteiger partial charge in [-0.05, 0) is 26.0 Å². The SMILES string of the molecule is CC(C)n1cc(C(=O)O)c2c(Br)cccc21. The molecule has 0 atom stereocenters. The third-order valence-electron chi connectivity index (χ3n) is 2.59. The van der Waals surface area contributed by atoms with Gasteiger partial charge in [0.2, 0.25) is 0 Å². The van der Waals surface area contributed by atoms with Crippen molar-refractivity contribution in [3.63, 3.8) is 0 Å². The monoisotopic (exact) mass is 281 g/mol. The molecule has 0 bridgehead atoms. The van der Waals surface area contributed by atoms with Crippen LogP contribution < -0.4 is 0 Å². The van der Waals surface area contributed by atoms with Crippen LogP contribution in [0, 0.1) is 0 Å². The largest absolute Gasteiger partial charge is 0.478 e. The molecule has 2 rings (SSSR count). The van der Waals surface area contributed by atoms with Crippen LogP contribution in [0.2, 0.25) is 0 Å². The van der Waals surface area contributed by atoms with Gasteiger partial charge >= 0.3 is 5.97 Å². The van der Waals surface area contributed by atoms with Gasteiger partial charge in [-0.3, -0.25) is 0 Å². The molecule has 84 valence electrons. The van der Waals surface area contributed by atoms with E-state index in [4.69, 9.17) is 5.11 Å². The highest BCUT2D eigenvalue weighted by Crippen LogP contribution is 2.30. The van der Waals surface area contributed by atoms with E-state index in [1.165, 1.54) is 0 Å². The molecule has 4 heteroatoms. The Bertz CT molecular complexity index is 557. The Morgan fingerprint density at radius 1 is 1.44 bits per heavy atom. The van der Waals surface area contributed by atoms with E-state index < -0.39 is 5.97 Å². The Balaban J connectivity index is 2.87. The fraction of sp³-hybridized carbons (Fsp3) is 0.250. The first-order chi connectivity index (χ1) is 7.52. The van der Waals surface area contributed by atoms with Crippen LogP contribution in [0.25, 0.3) is 10.9 Å². The smallest absolute Gasteiger partial charge is 0.337 e. The summed E-state index contributed by atoms with van der Waals surface area (Å²) in [6, 6.07) is 5.95. The van der Waals surface area contributed by atoms with Gasteiger partial charge < -0.3 is 9.67 Å². The molecule has 0 spiro atoms. The zero-order valence-corrected chi connectivity index (χ0v) is 10.7. The van der Waals surface area contributed by atoms with Gasteiger partial charge in [0.1, 0.15) is 0 Å². The molecule has 0 amide bonds. The maximum Gasteiger partial charge on any atom is 0.337 e. The predicted molar refractivity (Wildman–Crippen MR) is 67.0 cm³/mol. The fourth-order valence-electron chi connectivity index (χ4n) is 1.86. The molecule has 0 unspecified atom stereocenters. The highest BCUT2D eigenvalue weighted by molar-refractivity contribution is 9.10. The van der Waals surface area contributed by atoms with E-state index in [2.05, 4.69) is 15.9 Å². The number of carbonyl (C=O) groups is 1. The van der Waals surface area contributed by atoms with E-state index in [0.29, 0.717) is 5.56 Å². The Morgan fingerprint density at radius 2 is 2.12 bits per heavy atom. The number of carboxylic acid groups (broad SMARTS) is 1. The highest BCUT2D eigenvalue weighted by atomic mass is 79.9. The number of hydrogen-bond donors (Lipinski definition) is 1. The summed E-state index contributed by atoms with van der Waals surface area (Å²) in [5, 5.41) is 9.94. The standard InChI is InChI=1S/C12H12BrNO2/c1-7(2)14-6-8(12(15)16)11-9(13)4-3-5-10(11)14/h3-7H,1-2H3,(H,15,16). The maximum absolute atomic E-state index is 11.2. The molecule has 1 heterocycles. The van der Waals surface area contributed by atoms with Crippen molar-refractivity contribution in [2.45, 2.75) is 19.9 Å². The van der Waals surface area contributed by atoms with Crippen LogP contribution in [-0.2, 0) is 0 Å². The Morgan fingerprint density at radius 3 is 2.69 bits per heavy atom. The molecule has 16 heavy (non-hydrogen) atoms. The second kappa shape index (κ2) is 3.94. The normalized spacial score (nSPS) is 11.2. The Labute approximate surface area is 102 Å². The summed E-state index contributed by atoms with van der Waals surface area (Å²) >= 11 is 3.40. The van der Waals surface area contributed by atoms with Crippen molar-refractivity contribution >= 4 is 32.8 Å². The average molecular weight is 282 g/mol. The zero-order valence-electron chi connectivity index (χ0n) is 9.07. The molecule has 0 aliphatic carbocycles. The lowest BCUT2D eigenvalue weighted by molar-refractivity contribution is 0.0698. The van der Waals surface area contributed by atoms with Crippen LogP contribution in [0.15, 0.2) is 28.9 Å². The number of halogens is 1. The third kappa shape index (κ3) is 1.63. The molecule has 1 aromatic carbocycles. The van der Waals surface area contributed by atoms with Crippen LogP contribution in [0.5, 0.6) is 0 Å². The average Bonchev–Trinajstić information content (AvgIpc) is 2.58. The minimum Gasteiger partial charge on any atom is -0.478 e. The van der Waals surface area contributed by atoms with Crippen LogP contribution in [0.3, 0.4) is 0 Å². The molecule has 0 saturated heterocycles. The lowest BCUT2D eigenvalue weighted by Gasteiger charge is -2.08. The van der Waals surface area contributed by atoms with Crippen molar-refractivity contribution in [2.75, 3.05) is 0 Å². The summed E-state index contributed by atoms with van der Waals surface area (Å²) in [7, 11) is 0. The van der Waals surface area contributed by atoms with Crippen molar-refractivity contribution < 1.29 is 9.90 Å². The minimum atomic E-state index is -0.892. The molecule has 2 aromatic rings. The van der Waals surface area contributed by atoms with Gasteiger partial charge in [0.25, 0.3) is 0 Å². The quantitative estimate of drug-likeness (QED) is 0.912. The Kier molecular flexibility index (Phi) is 2.76. The number of aromatic carboxylic acids is 1. The number of aromatic nitrogens is 1. The Hall–Kier alpha value is -1.29. The van der Waals surface area contributed by atoms with Crippen LogP contribution in [0.1, 0.15) is 30.2 Å². The van der Waals surface area contributed by atoms with Crippen LogP contribution >= 0.6 is 15.9 Å². The second-order valence-corrected chi connectivity index (χ2v) is 4.84. The number of fused-ring (bicyclic) bond motifs is 1. The van der Waals surface area contributed by atoms with E-state index in [-0.39, 0.29) is 6.04 Å². The maximum atomic E-state index is 11.2. The highest BCUT2D eigenvalue weighted by Gasteiger charge is 2.17. The second-order valence-electron chi connectivity index (χ2n) is 3.98. The number of hydrogen-bond acceptors (Lipinski definition) is 1. The zero-order chi connectivity index (χ0) is 11.9. The summed E-state index contributed by atoms with van der Waals surface area (Å²) in [5.74, 6) is -0.892. The summed E-state index contributed by atoms with van der Waals surface area (Å²) in [6.07, 6.45) is 1.70.